The summed E-state index contributed by atoms with van der Waals surface area (Å²) < 4.78 is 1.02. The van der Waals surface area contributed by atoms with E-state index in [-0.39, 0.29) is 5.91 Å². The molecule has 1 amide bonds. The molecule has 26 heavy (non-hydrogen) atoms. The fraction of sp³-hybridized carbons (Fsp3) is 0.500. The molecule has 6 heteroatoms. The van der Waals surface area contributed by atoms with Gasteiger partial charge in [0, 0.05) is 16.1 Å². The minimum absolute atomic E-state index is 0.211. The molecule has 4 aliphatic carbocycles. The Morgan fingerprint density at radius 1 is 1.08 bits per heavy atom. The molecule has 4 saturated carbocycles. The number of hydrogen-bond donors (Lipinski definition) is 2. The van der Waals surface area contributed by atoms with Crippen LogP contribution in [0.15, 0.2) is 24.3 Å². The zero-order chi connectivity index (χ0) is 17.8. The Hall–Kier alpha value is -1.17. The maximum atomic E-state index is 12.7. The molecule has 0 radical (unpaired) electrons. The summed E-state index contributed by atoms with van der Waals surface area (Å²) in [6, 6.07) is 8.23. The van der Waals surface area contributed by atoms with Crippen molar-refractivity contribution in [3.63, 3.8) is 0 Å². The lowest BCUT2D eigenvalue weighted by molar-refractivity contribution is -0.00692. The van der Waals surface area contributed by atoms with Crippen LogP contribution < -0.4 is 10.6 Å². The van der Waals surface area contributed by atoms with E-state index in [0.29, 0.717) is 32.9 Å². The first-order valence-corrected chi connectivity index (χ1v) is 11.0. The lowest BCUT2D eigenvalue weighted by Gasteiger charge is -2.54. The topological polar surface area (TPSA) is 41.1 Å². The Labute approximate surface area is 167 Å². The zero-order valence-electron chi connectivity index (χ0n) is 14.3. The van der Waals surface area contributed by atoms with Gasteiger partial charge in [0.2, 0.25) is 0 Å². The normalized spacial score (nSPS) is 32.0. The van der Waals surface area contributed by atoms with E-state index in [2.05, 4.69) is 10.6 Å². The molecule has 2 N–H and O–H groups in total. The van der Waals surface area contributed by atoms with E-state index in [4.69, 9.17) is 23.8 Å². The van der Waals surface area contributed by atoms with Crippen LogP contribution in [0.5, 0.6) is 0 Å². The highest BCUT2D eigenvalue weighted by atomic mass is 35.5. The number of hydrogen-bond acceptors (Lipinski definition) is 3. The quantitative estimate of drug-likeness (QED) is 0.693. The summed E-state index contributed by atoms with van der Waals surface area (Å²) in [5.74, 6) is 3.08. The van der Waals surface area contributed by atoms with Crippen molar-refractivity contribution in [2.75, 3.05) is 0 Å². The molecule has 4 fully saturated rings. The molecule has 6 rings (SSSR count). The van der Waals surface area contributed by atoms with Gasteiger partial charge in [-0.3, -0.25) is 10.1 Å². The molecular formula is C20H21ClN2OS2. The second-order valence-electron chi connectivity index (χ2n) is 8.13. The molecule has 4 aliphatic rings. The van der Waals surface area contributed by atoms with Crippen LogP contribution in [0, 0.1) is 23.7 Å². The van der Waals surface area contributed by atoms with Crippen molar-refractivity contribution in [2.45, 2.75) is 38.1 Å². The first kappa shape index (κ1) is 17.0. The summed E-state index contributed by atoms with van der Waals surface area (Å²) in [6.45, 7) is 0. The van der Waals surface area contributed by atoms with E-state index in [1.165, 1.54) is 43.4 Å². The van der Waals surface area contributed by atoms with E-state index in [1.54, 1.807) is 0 Å². The number of halogens is 1. The highest BCUT2D eigenvalue weighted by Crippen LogP contribution is 2.53. The fourth-order valence-corrected chi connectivity index (χ4v) is 7.31. The molecule has 136 valence electrons. The number of nitrogens with one attached hydrogen (secondary N) is 2. The van der Waals surface area contributed by atoms with Crippen molar-refractivity contribution in [3.8, 4) is 0 Å². The third-order valence-electron chi connectivity index (χ3n) is 6.49. The van der Waals surface area contributed by atoms with Crippen LogP contribution in [0.3, 0.4) is 0 Å². The van der Waals surface area contributed by atoms with Crippen molar-refractivity contribution in [3.05, 3.63) is 34.2 Å². The minimum atomic E-state index is -0.211. The average molecular weight is 405 g/mol. The highest BCUT2D eigenvalue weighted by Gasteiger charge is 2.48. The molecule has 0 unspecified atom stereocenters. The lowest BCUT2D eigenvalue weighted by Crippen LogP contribution is -2.57. The highest BCUT2D eigenvalue weighted by molar-refractivity contribution is 7.80. The van der Waals surface area contributed by atoms with Crippen LogP contribution in [0.2, 0.25) is 5.02 Å². The SMILES string of the molecule is O=C(NC(=S)NC1C2CC3CC(C2)CC1C3)c1sc2ccccc2c1Cl. The number of thiophene rings is 1. The van der Waals surface area contributed by atoms with Crippen molar-refractivity contribution in [1.82, 2.24) is 10.6 Å². The van der Waals surface area contributed by atoms with Gasteiger partial charge in [-0.25, -0.2) is 0 Å². The van der Waals surface area contributed by atoms with Gasteiger partial charge in [-0.2, -0.15) is 0 Å². The molecule has 4 bridgehead atoms. The summed E-state index contributed by atoms with van der Waals surface area (Å²) in [4.78, 5) is 13.2. The summed E-state index contributed by atoms with van der Waals surface area (Å²) in [5, 5.41) is 8.22. The Balaban J connectivity index is 1.28. The third kappa shape index (κ3) is 2.85. The largest absolute Gasteiger partial charge is 0.359 e. The van der Waals surface area contributed by atoms with E-state index in [9.17, 15) is 4.79 Å². The summed E-state index contributed by atoms with van der Waals surface area (Å²) in [7, 11) is 0. The molecule has 0 aliphatic heterocycles. The van der Waals surface area contributed by atoms with Crippen molar-refractivity contribution < 1.29 is 4.79 Å². The van der Waals surface area contributed by atoms with Crippen LogP contribution in [-0.2, 0) is 0 Å². The van der Waals surface area contributed by atoms with Crippen LogP contribution in [0.1, 0.15) is 41.8 Å². The Kier molecular flexibility index (Phi) is 4.22. The maximum absolute atomic E-state index is 12.7. The fourth-order valence-electron chi connectivity index (χ4n) is 5.67. The predicted molar refractivity (Wildman–Crippen MR) is 111 cm³/mol. The third-order valence-corrected chi connectivity index (χ3v) is 8.39. The number of carbonyl (C=O) groups excluding carboxylic acids is 1. The molecule has 0 atom stereocenters. The van der Waals surface area contributed by atoms with Crippen LogP contribution in [-0.4, -0.2) is 17.1 Å². The van der Waals surface area contributed by atoms with E-state index < -0.39 is 0 Å². The molecule has 1 heterocycles. The van der Waals surface area contributed by atoms with Gasteiger partial charge in [0.25, 0.3) is 5.91 Å². The molecule has 0 saturated heterocycles. The van der Waals surface area contributed by atoms with Gasteiger partial charge in [-0.05, 0) is 74.1 Å². The summed E-state index contributed by atoms with van der Waals surface area (Å²) in [5.41, 5.74) is 0. The molecule has 0 spiro atoms. The van der Waals surface area contributed by atoms with Gasteiger partial charge in [-0.1, -0.05) is 29.8 Å². The number of thiocarbonyl (C=S) groups is 1. The molecule has 2 aromatic rings. The van der Waals surface area contributed by atoms with E-state index >= 15 is 0 Å². The molecule has 1 aromatic carbocycles. The van der Waals surface area contributed by atoms with Gasteiger partial charge < -0.3 is 5.32 Å². The van der Waals surface area contributed by atoms with Crippen LogP contribution in [0.25, 0.3) is 10.1 Å². The summed E-state index contributed by atoms with van der Waals surface area (Å²) in [6.07, 6.45) is 6.73. The van der Waals surface area contributed by atoms with E-state index in [1.807, 2.05) is 24.3 Å². The lowest BCUT2D eigenvalue weighted by atomic mass is 9.54. The number of carbonyl (C=O) groups is 1. The molecule has 1 aromatic heterocycles. The molecule has 3 nitrogen and oxygen atoms in total. The number of fused-ring (bicyclic) bond motifs is 1. The van der Waals surface area contributed by atoms with E-state index in [0.717, 1.165) is 21.9 Å². The standard InChI is InChI=1S/C20H21ClN2OS2/c21-16-14-3-1-2-4-15(14)26-18(16)19(24)23-20(25)22-17-12-6-10-5-11(8-12)9-13(17)7-10/h1-4,10-13,17H,5-9H2,(H2,22,23,24,25). The van der Waals surface area contributed by atoms with Crippen molar-refractivity contribution >= 4 is 56.3 Å². The zero-order valence-corrected chi connectivity index (χ0v) is 16.7. The second-order valence-corrected chi connectivity index (χ2v) is 9.96. The van der Waals surface area contributed by atoms with Gasteiger partial charge in [0.15, 0.2) is 5.11 Å². The first-order valence-electron chi connectivity index (χ1n) is 9.37. The maximum Gasteiger partial charge on any atom is 0.269 e. The average Bonchev–Trinajstić information content (AvgIpc) is 2.95. The van der Waals surface area contributed by atoms with Crippen LogP contribution >= 0.6 is 35.2 Å². The van der Waals surface area contributed by atoms with Gasteiger partial charge in [0.1, 0.15) is 4.88 Å². The Morgan fingerprint density at radius 2 is 1.73 bits per heavy atom. The second kappa shape index (κ2) is 6.47. The number of amides is 1. The van der Waals surface area contributed by atoms with Gasteiger partial charge in [0.05, 0.1) is 5.02 Å². The monoisotopic (exact) mass is 404 g/mol. The van der Waals surface area contributed by atoms with Crippen molar-refractivity contribution in [1.29, 1.82) is 0 Å². The predicted octanol–water partition coefficient (Wildman–Crippen LogP) is 4.98. The number of benzene rings is 1. The van der Waals surface area contributed by atoms with Gasteiger partial charge in [-0.15, -0.1) is 11.3 Å². The molecular weight excluding hydrogens is 384 g/mol. The van der Waals surface area contributed by atoms with Crippen molar-refractivity contribution in [2.24, 2.45) is 23.7 Å². The first-order chi connectivity index (χ1) is 12.6. The minimum Gasteiger partial charge on any atom is -0.359 e. The number of rotatable bonds is 2. The summed E-state index contributed by atoms with van der Waals surface area (Å²) >= 11 is 13.3. The Bertz CT molecular complexity index is 865. The smallest absolute Gasteiger partial charge is 0.269 e. The Morgan fingerprint density at radius 3 is 2.38 bits per heavy atom. The van der Waals surface area contributed by atoms with Crippen LogP contribution in [0.4, 0.5) is 0 Å². The van der Waals surface area contributed by atoms with Gasteiger partial charge >= 0.3 is 0 Å².